The van der Waals surface area contributed by atoms with Gasteiger partial charge in [-0.2, -0.15) is 0 Å². The molecule has 0 spiro atoms. The molecular formula is C7H14N2O. The van der Waals surface area contributed by atoms with Gasteiger partial charge in [0.25, 0.3) is 0 Å². The van der Waals surface area contributed by atoms with Gasteiger partial charge in [-0.15, -0.1) is 0 Å². The Labute approximate surface area is 61.5 Å². The SMILES string of the molecule is CC1N(C)C=C(CO)N1C. The van der Waals surface area contributed by atoms with E-state index in [1.807, 2.05) is 20.3 Å². The molecule has 0 aromatic carbocycles. The van der Waals surface area contributed by atoms with Gasteiger partial charge in [-0.3, -0.25) is 0 Å². The van der Waals surface area contributed by atoms with E-state index in [1.165, 1.54) is 0 Å². The summed E-state index contributed by atoms with van der Waals surface area (Å²) in [5, 5.41) is 8.84. The third-order valence-electron chi connectivity index (χ3n) is 2.12. The molecule has 58 valence electrons. The minimum atomic E-state index is 0.130. The Hall–Kier alpha value is -0.700. The van der Waals surface area contributed by atoms with Crippen LogP contribution in [0.1, 0.15) is 6.92 Å². The smallest absolute Gasteiger partial charge is 0.0975 e. The molecule has 1 aliphatic heterocycles. The van der Waals surface area contributed by atoms with Crippen molar-refractivity contribution in [2.24, 2.45) is 0 Å². The summed E-state index contributed by atoms with van der Waals surface area (Å²) in [4.78, 5) is 4.13. The zero-order valence-electron chi connectivity index (χ0n) is 6.70. The van der Waals surface area contributed by atoms with E-state index in [2.05, 4.69) is 16.7 Å². The number of hydrogen-bond acceptors (Lipinski definition) is 3. The lowest BCUT2D eigenvalue weighted by atomic mass is 10.4. The fourth-order valence-electron chi connectivity index (χ4n) is 1.10. The van der Waals surface area contributed by atoms with Crippen LogP contribution in [0, 0.1) is 0 Å². The number of aliphatic hydroxyl groups is 1. The highest BCUT2D eigenvalue weighted by Crippen LogP contribution is 2.17. The van der Waals surface area contributed by atoms with Gasteiger partial charge in [0.15, 0.2) is 0 Å². The van der Waals surface area contributed by atoms with Gasteiger partial charge in [-0.1, -0.05) is 0 Å². The topological polar surface area (TPSA) is 26.7 Å². The Morgan fingerprint density at radius 3 is 2.40 bits per heavy atom. The second-order valence-corrected chi connectivity index (χ2v) is 2.69. The molecule has 10 heavy (non-hydrogen) atoms. The second-order valence-electron chi connectivity index (χ2n) is 2.69. The Balaban J connectivity index is 2.68. The van der Waals surface area contributed by atoms with Gasteiger partial charge in [0.05, 0.1) is 18.5 Å². The van der Waals surface area contributed by atoms with E-state index in [1.54, 1.807) is 0 Å². The Bertz CT molecular complexity index is 156. The summed E-state index contributed by atoms with van der Waals surface area (Å²) < 4.78 is 0. The summed E-state index contributed by atoms with van der Waals surface area (Å²) in [7, 11) is 3.99. The van der Waals surface area contributed by atoms with Gasteiger partial charge in [-0.25, -0.2) is 0 Å². The maximum absolute atomic E-state index is 8.84. The molecule has 0 saturated carbocycles. The molecule has 0 amide bonds. The van der Waals surface area contributed by atoms with E-state index < -0.39 is 0 Å². The van der Waals surface area contributed by atoms with Crippen LogP contribution in [0.3, 0.4) is 0 Å². The molecule has 0 radical (unpaired) electrons. The molecule has 0 aromatic heterocycles. The standard InChI is InChI=1S/C7H14N2O/c1-6-8(2)4-7(5-10)9(6)3/h4,6,10H,5H2,1-3H3. The first kappa shape index (κ1) is 7.41. The first-order valence-corrected chi connectivity index (χ1v) is 3.43. The quantitative estimate of drug-likeness (QED) is 0.560. The fourth-order valence-corrected chi connectivity index (χ4v) is 1.10. The van der Waals surface area contributed by atoms with Gasteiger partial charge in [0.2, 0.25) is 0 Å². The average molecular weight is 142 g/mol. The average Bonchev–Trinajstić information content (AvgIpc) is 2.17. The van der Waals surface area contributed by atoms with Gasteiger partial charge in [0, 0.05) is 20.3 Å². The highest BCUT2D eigenvalue weighted by Gasteiger charge is 2.21. The lowest BCUT2D eigenvalue weighted by molar-refractivity contribution is 0.196. The summed E-state index contributed by atoms with van der Waals surface area (Å²) in [5.41, 5.74) is 0.981. The molecule has 1 N–H and O–H groups in total. The van der Waals surface area contributed by atoms with Crippen molar-refractivity contribution in [1.82, 2.24) is 9.80 Å². The molecule has 1 unspecified atom stereocenters. The number of aliphatic hydroxyl groups excluding tert-OH is 1. The predicted octanol–water partition coefficient (Wildman–Crippen LogP) is 0.0433. The molecule has 1 heterocycles. The molecule has 0 saturated heterocycles. The summed E-state index contributed by atoms with van der Waals surface area (Å²) in [5.74, 6) is 0. The molecular weight excluding hydrogens is 128 g/mol. The van der Waals surface area contributed by atoms with Crippen LogP contribution in [0.15, 0.2) is 11.9 Å². The van der Waals surface area contributed by atoms with Crippen molar-refractivity contribution in [2.75, 3.05) is 20.7 Å². The summed E-state index contributed by atoms with van der Waals surface area (Å²) in [6, 6.07) is 0. The lowest BCUT2D eigenvalue weighted by Crippen LogP contribution is -2.32. The molecule has 3 nitrogen and oxygen atoms in total. The Morgan fingerprint density at radius 2 is 2.20 bits per heavy atom. The van der Waals surface area contributed by atoms with Crippen LogP contribution >= 0.6 is 0 Å². The largest absolute Gasteiger partial charge is 0.390 e. The number of likely N-dealkylation sites (N-methyl/N-ethyl adjacent to an activating group) is 1. The van der Waals surface area contributed by atoms with Crippen LogP contribution in [0.4, 0.5) is 0 Å². The molecule has 1 aliphatic rings. The maximum atomic E-state index is 8.84. The van der Waals surface area contributed by atoms with E-state index in [-0.39, 0.29) is 6.61 Å². The minimum absolute atomic E-state index is 0.130. The highest BCUT2D eigenvalue weighted by molar-refractivity contribution is 5.07. The summed E-state index contributed by atoms with van der Waals surface area (Å²) in [6.07, 6.45) is 2.34. The molecule has 0 aliphatic carbocycles. The van der Waals surface area contributed by atoms with Crippen LogP contribution in [0.25, 0.3) is 0 Å². The van der Waals surface area contributed by atoms with E-state index in [0.29, 0.717) is 6.17 Å². The molecule has 0 bridgehead atoms. The normalized spacial score (nSPS) is 25.6. The van der Waals surface area contributed by atoms with Crippen molar-refractivity contribution in [2.45, 2.75) is 13.1 Å². The second kappa shape index (κ2) is 2.50. The maximum Gasteiger partial charge on any atom is 0.0975 e. The third kappa shape index (κ3) is 0.968. The van der Waals surface area contributed by atoms with Crippen molar-refractivity contribution in [3.63, 3.8) is 0 Å². The first-order valence-electron chi connectivity index (χ1n) is 3.43. The van der Waals surface area contributed by atoms with Gasteiger partial charge in [0.1, 0.15) is 0 Å². The zero-order valence-corrected chi connectivity index (χ0v) is 6.70. The van der Waals surface area contributed by atoms with E-state index in [0.717, 1.165) is 5.70 Å². The Kier molecular flexibility index (Phi) is 1.85. The van der Waals surface area contributed by atoms with Crippen LogP contribution < -0.4 is 0 Å². The van der Waals surface area contributed by atoms with E-state index >= 15 is 0 Å². The van der Waals surface area contributed by atoms with Crippen LogP contribution in [0.2, 0.25) is 0 Å². The molecule has 3 heteroatoms. The number of nitrogens with zero attached hydrogens (tertiary/aromatic N) is 2. The molecule has 1 atom stereocenters. The highest BCUT2D eigenvalue weighted by atomic mass is 16.3. The van der Waals surface area contributed by atoms with Gasteiger partial charge < -0.3 is 14.9 Å². The van der Waals surface area contributed by atoms with Gasteiger partial charge >= 0.3 is 0 Å². The summed E-state index contributed by atoms with van der Waals surface area (Å²) in [6.45, 7) is 2.23. The van der Waals surface area contributed by atoms with Crippen molar-refractivity contribution >= 4 is 0 Å². The van der Waals surface area contributed by atoms with E-state index in [9.17, 15) is 0 Å². The number of hydrogen-bond donors (Lipinski definition) is 1. The molecule has 0 aromatic rings. The van der Waals surface area contributed by atoms with Crippen LogP contribution in [-0.4, -0.2) is 41.8 Å². The number of rotatable bonds is 1. The van der Waals surface area contributed by atoms with Crippen LogP contribution in [0.5, 0.6) is 0 Å². The predicted molar refractivity (Wildman–Crippen MR) is 40.2 cm³/mol. The summed E-state index contributed by atoms with van der Waals surface area (Å²) >= 11 is 0. The van der Waals surface area contributed by atoms with Crippen molar-refractivity contribution in [3.05, 3.63) is 11.9 Å². The van der Waals surface area contributed by atoms with Crippen molar-refractivity contribution in [1.29, 1.82) is 0 Å². The first-order chi connectivity index (χ1) is 4.66. The third-order valence-corrected chi connectivity index (χ3v) is 2.12. The van der Waals surface area contributed by atoms with Crippen molar-refractivity contribution < 1.29 is 5.11 Å². The molecule has 1 rings (SSSR count). The Morgan fingerprint density at radius 1 is 1.60 bits per heavy atom. The van der Waals surface area contributed by atoms with Crippen LogP contribution in [-0.2, 0) is 0 Å². The monoisotopic (exact) mass is 142 g/mol. The van der Waals surface area contributed by atoms with Gasteiger partial charge in [-0.05, 0) is 6.92 Å². The molecule has 0 fully saturated rings. The lowest BCUT2D eigenvalue weighted by Gasteiger charge is -2.24. The van der Waals surface area contributed by atoms with E-state index in [4.69, 9.17) is 5.11 Å². The van der Waals surface area contributed by atoms with Crippen molar-refractivity contribution in [3.8, 4) is 0 Å². The zero-order chi connectivity index (χ0) is 7.72. The fraction of sp³-hybridized carbons (Fsp3) is 0.714. The minimum Gasteiger partial charge on any atom is -0.390 e.